The van der Waals surface area contributed by atoms with Crippen molar-refractivity contribution in [2.45, 2.75) is 6.54 Å². The molecule has 3 rings (SSSR count). The van der Waals surface area contributed by atoms with Gasteiger partial charge in [-0.15, -0.1) is 0 Å². The molecule has 8 heteroatoms. The summed E-state index contributed by atoms with van der Waals surface area (Å²) in [6.45, 7) is 0.119. The normalized spacial score (nSPS) is 10.4. The molecule has 7 nitrogen and oxygen atoms in total. The molecule has 0 saturated carbocycles. The molecule has 0 fully saturated rings. The summed E-state index contributed by atoms with van der Waals surface area (Å²) >= 11 is 5.87. The maximum Gasteiger partial charge on any atom is 0.255 e. The number of furan rings is 1. The second-order valence-electron chi connectivity index (χ2n) is 5.20. The Morgan fingerprint density at radius 1 is 1.16 bits per heavy atom. The first-order valence-electron chi connectivity index (χ1n) is 7.50. The maximum atomic E-state index is 12.3. The number of hydrogen-bond acceptors (Lipinski definition) is 4. The molecular weight excluding hydrogens is 344 g/mol. The summed E-state index contributed by atoms with van der Waals surface area (Å²) in [5.41, 5.74) is 1.68. The standard InChI is InChI=1S/C17H15ClN4O3/c18-12-5-3-11(4-6-12)16-14(9-21-22-16)17(24)20-10-15(23)19-8-13-2-1-7-25-13/h1-7,9H,8,10H2,(H,19,23)(H,20,24)(H,21,22). The Morgan fingerprint density at radius 3 is 2.68 bits per heavy atom. The van der Waals surface area contributed by atoms with Crippen LogP contribution in [0.4, 0.5) is 0 Å². The average molecular weight is 359 g/mol. The van der Waals surface area contributed by atoms with E-state index in [-0.39, 0.29) is 19.0 Å². The number of hydrogen-bond donors (Lipinski definition) is 3. The van der Waals surface area contributed by atoms with Gasteiger partial charge >= 0.3 is 0 Å². The van der Waals surface area contributed by atoms with Crippen LogP contribution in [-0.4, -0.2) is 28.6 Å². The minimum atomic E-state index is -0.396. The smallest absolute Gasteiger partial charge is 0.255 e. The van der Waals surface area contributed by atoms with E-state index in [0.717, 1.165) is 5.56 Å². The number of H-pyrrole nitrogens is 1. The topological polar surface area (TPSA) is 100 Å². The molecule has 0 bridgehead atoms. The van der Waals surface area contributed by atoms with Crippen LogP contribution in [0.15, 0.2) is 53.3 Å². The average Bonchev–Trinajstić information content (AvgIpc) is 3.30. The largest absolute Gasteiger partial charge is 0.467 e. The van der Waals surface area contributed by atoms with Gasteiger partial charge in [0.25, 0.3) is 5.91 Å². The first-order chi connectivity index (χ1) is 12.1. The Balaban J connectivity index is 1.57. The van der Waals surface area contributed by atoms with Gasteiger partial charge in [0.05, 0.1) is 36.8 Å². The van der Waals surface area contributed by atoms with Crippen molar-refractivity contribution >= 4 is 23.4 Å². The molecule has 3 N–H and O–H groups in total. The third kappa shape index (κ3) is 4.27. The number of carbonyl (C=O) groups excluding carboxylic acids is 2. The maximum absolute atomic E-state index is 12.3. The number of amides is 2. The molecule has 2 amide bonds. The summed E-state index contributed by atoms with van der Waals surface area (Å²) in [7, 11) is 0. The van der Waals surface area contributed by atoms with Gasteiger partial charge in [0.1, 0.15) is 5.76 Å². The van der Waals surface area contributed by atoms with Gasteiger partial charge in [-0.2, -0.15) is 5.10 Å². The van der Waals surface area contributed by atoms with Crippen molar-refractivity contribution in [1.29, 1.82) is 0 Å². The van der Waals surface area contributed by atoms with Crippen LogP contribution in [0.1, 0.15) is 16.1 Å². The van der Waals surface area contributed by atoms with E-state index >= 15 is 0 Å². The van der Waals surface area contributed by atoms with Crippen LogP contribution in [-0.2, 0) is 11.3 Å². The molecule has 0 radical (unpaired) electrons. The molecule has 0 saturated heterocycles. The summed E-state index contributed by atoms with van der Waals surface area (Å²) in [5.74, 6) is -0.0762. The highest BCUT2D eigenvalue weighted by atomic mass is 35.5. The van der Waals surface area contributed by atoms with Crippen LogP contribution < -0.4 is 10.6 Å². The summed E-state index contributed by atoms with van der Waals surface area (Å²) in [4.78, 5) is 24.1. The van der Waals surface area contributed by atoms with E-state index in [1.165, 1.54) is 12.5 Å². The molecule has 25 heavy (non-hydrogen) atoms. The zero-order valence-corrected chi connectivity index (χ0v) is 13.8. The van der Waals surface area contributed by atoms with Gasteiger partial charge in [-0.3, -0.25) is 14.7 Å². The summed E-state index contributed by atoms with van der Waals surface area (Å²) < 4.78 is 5.12. The highest BCUT2D eigenvalue weighted by Crippen LogP contribution is 2.22. The molecule has 0 aliphatic rings. The number of halogens is 1. The van der Waals surface area contributed by atoms with E-state index in [0.29, 0.717) is 22.0 Å². The summed E-state index contributed by atoms with van der Waals surface area (Å²) in [6.07, 6.45) is 2.94. The number of nitrogens with one attached hydrogen (secondary N) is 3. The zero-order chi connectivity index (χ0) is 17.6. The minimum Gasteiger partial charge on any atom is -0.467 e. The van der Waals surface area contributed by atoms with Gasteiger partial charge in [0.2, 0.25) is 5.91 Å². The third-order valence-electron chi connectivity index (χ3n) is 3.47. The fourth-order valence-electron chi connectivity index (χ4n) is 2.21. The van der Waals surface area contributed by atoms with E-state index in [1.807, 2.05) is 0 Å². The molecule has 3 aromatic rings. The SMILES string of the molecule is O=C(CNC(=O)c1cn[nH]c1-c1ccc(Cl)cc1)NCc1ccco1. The lowest BCUT2D eigenvalue weighted by Gasteiger charge is -2.07. The van der Waals surface area contributed by atoms with E-state index in [4.69, 9.17) is 16.0 Å². The quantitative estimate of drug-likeness (QED) is 0.629. The van der Waals surface area contributed by atoms with Crippen molar-refractivity contribution in [2.24, 2.45) is 0 Å². The molecule has 2 heterocycles. The van der Waals surface area contributed by atoms with E-state index in [1.54, 1.807) is 36.4 Å². The van der Waals surface area contributed by atoms with Crippen molar-refractivity contribution < 1.29 is 14.0 Å². The number of nitrogens with zero attached hydrogens (tertiary/aromatic N) is 1. The second kappa shape index (κ2) is 7.67. The van der Waals surface area contributed by atoms with Crippen LogP contribution in [0.3, 0.4) is 0 Å². The Morgan fingerprint density at radius 2 is 1.96 bits per heavy atom. The van der Waals surface area contributed by atoms with E-state index in [2.05, 4.69) is 20.8 Å². The van der Waals surface area contributed by atoms with Crippen LogP contribution in [0.5, 0.6) is 0 Å². The molecule has 0 aliphatic carbocycles. The Bertz CT molecular complexity index is 856. The lowest BCUT2D eigenvalue weighted by atomic mass is 10.1. The molecule has 0 unspecified atom stereocenters. The van der Waals surface area contributed by atoms with Gasteiger partial charge in [-0.25, -0.2) is 0 Å². The lowest BCUT2D eigenvalue weighted by molar-refractivity contribution is -0.120. The lowest BCUT2D eigenvalue weighted by Crippen LogP contribution is -2.36. The summed E-state index contributed by atoms with van der Waals surface area (Å²) in [5, 5.41) is 12.5. The highest BCUT2D eigenvalue weighted by molar-refractivity contribution is 6.30. The molecule has 0 spiro atoms. The zero-order valence-electron chi connectivity index (χ0n) is 13.1. The van der Waals surface area contributed by atoms with Crippen molar-refractivity contribution in [2.75, 3.05) is 6.54 Å². The van der Waals surface area contributed by atoms with Gasteiger partial charge in [-0.1, -0.05) is 23.7 Å². The minimum absolute atomic E-state index is 0.148. The van der Waals surface area contributed by atoms with Crippen molar-refractivity contribution in [3.63, 3.8) is 0 Å². The fourth-order valence-corrected chi connectivity index (χ4v) is 2.34. The van der Waals surface area contributed by atoms with Crippen molar-refractivity contribution in [3.05, 3.63) is 65.2 Å². The van der Waals surface area contributed by atoms with Crippen LogP contribution >= 0.6 is 11.6 Å². The predicted octanol–water partition coefficient (Wildman–Crippen LogP) is 2.37. The number of rotatable bonds is 6. The molecule has 128 valence electrons. The first-order valence-corrected chi connectivity index (χ1v) is 7.88. The van der Waals surface area contributed by atoms with Gasteiger partial charge < -0.3 is 15.1 Å². The fraction of sp³-hybridized carbons (Fsp3) is 0.118. The van der Waals surface area contributed by atoms with Gasteiger partial charge in [-0.05, 0) is 24.3 Å². The predicted molar refractivity (Wildman–Crippen MR) is 91.9 cm³/mol. The highest BCUT2D eigenvalue weighted by Gasteiger charge is 2.16. The first kappa shape index (κ1) is 16.8. The van der Waals surface area contributed by atoms with Gasteiger partial charge in [0, 0.05) is 10.6 Å². The Kier molecular flexibility index (Phi) is 5.15. The van der Waals surface area contributed by atoms with Crippen LogP contribution in [0.2, 0.25) is 5.02 Å². The molecule has 1 aromatic carbocycles. The molecular formula is C17H15ClN4O3. The number of carbonyl (C=O) groups is 2. The monoisotopic (exact) mass is 358 g/mol. The second-order valence-corrected chi connectivity index (χ2v) is 5.64. The number of aromatic amines is 1. The van der Waals surface area contributed by atoms with Crippen molar-refractivity contribution in [3.8, 4) is 11.3 Å². The van der Waals surface area contributed by atoms with Gasteiger partial charge in [0.15, 0.2) is 0 Å². The third-order valence-corrected chi connectivity index (χ3v) is 3.72. The van der Waals surface area contributed by atoms with E-state index < -0.39 is 5.91 Å². The number of benzene rings is 1. The summed E-state index contributed by atoms with van der Waals surface area (Å²) in [6, 6.07) is 10.5. The molecule has 0 aliphatic heterocycles. The number of aromatic nitrogens is 2. The Hall–Kier alpha value is -3.06. The molecule has 2 aromatic heterocycles. The van der Waals surface area contributed by atoms with Crippen LogP contribution in [0.25, 0.3) is 11.3 Å². The van der Waals surface area contributed by atoms with Crippen molar-refractivity contribution in [1.82, 2.24) is 20.8 Å². The van der Waals surface area contributed by atoms with E-state index in [9.17, 15) is 9.59 Å². The Labute approximate surface area is 148 Å². The van der Waals surface area contributed by atoms with Crippen LogP contribution in [0, 0.1) is 0 Å². The molecule has 0 atom stereocenters.